The van der Waals surface area contributed by atoms with Crippen LogP contribution in [0.2, 0.25) is 0 Å². The Morgan fingerprint density at radius 2 is 1.82 bits per heavy atom. The van der Waals surface area contributed by atoms with Gasteiger partial charge in [0, 0.05) is 6.20 Å². The number of hydrogen-bond acceptors (Lipinski definition) is 4. The molecule has 2 aromatic heterocycles. The van der Waals surface area contributed by atoms with Crippen molar-refractivity contribution in [1.29, 1.82) is 0 Å². The highest BCUT2D eigenvalue weighted by molar-refractivity contribution is 5.88. The van der Waals surface area contributed by atoms with E-state index in [0.29, 0.717) is 11.3 Å². The van der Waals surface area contributed by atoms with Gasteiger partial charge in [-0.2, -0.15) is 0 Å². The van der Waals surface area contributed by atoms with Gasteiger partial charge in [0.05, 0.1) is 11.4 Å². The fraction of sp³-hybridized carbons (Fsp3) is 0.0667. The first-order chi connectivity index (χ1) is 10.6. The molecular formula is C15H12N4O3. The lowest BCUT2D eigenvalue weighted by molar-refractivity contribution is 0.0694. The van der Waals surface area contributed by atoms with Crippen LogP contribution in [-0.4, -0.2) is 30.4 Å². The second-order valence-electron chi connectivity index (χ2n) is 4.74. The quantitative estimate of drug-likeness (QED) is 0.789. The van der Waals surface area contributed by atoms with E-state index < -0.39 is 11.5 Å². The third-order valence-electron chi connectivity index (χ3n) is 3.34. The number of benzene rings is 1. The summed E-state index contributed by atoms with van der Waals surface area (Å²) >= 11 is 0. The summed E-state index contributed by atoms with van der Waals surface area (Å²) in [7, 11) is 0. The molecule has 0 fully saturated rings. The van der Waals surface area contributed by atoms with Gasteiger partial charge in [-0.3, -0.25) is 13.9 Å². The van der Waals surface area contributed by atoms with E-state index in [2.05, 4.69) is 10.2 Å². The Labute approximate surface area is 125 Å². The zero-order chi connectivity index (χ0) is 15.7. The highest BCUT2D eigenvalue weighted by Crippen LogP contribution is 2.13. The minimum Gasteiger partial charge on any atom is -0.477 e. The zero-order valence-corrected chi connectivity index (χ0v) is 11.7. The number of carbonyl (C=O) groups is 1. The van der Waals surface area contributed by atoms with Gasteiger partial charge in [0.25, 0.3) is 5.56 Å². The van der Waals surface area contributed by atoms with Crippen LogP contribution < -0.4 is 5.56 Å². The molecule has 0 saturated carbocycles. The SMILES string of the molecule is Cc1ccn(-c2cccc(-n3cnnc3)c2)c(=O)c1C(=O)O. The molecule has 7 heteroatoms. The minimum atomic E-state index is -1.23. The van der Waals surface area contributed by atoms with Gasteiger partial charge in [-0.05, 0) is 36.8 Å². The van der Waals surface area contributed by atoms with Crippen LogP contribution in [0.3, 0.4) is 0 Å². The second-order valence-corrected chi connectivity index (χ2v) is 4.74. The van der Waals surface area contributed by atoms with Crippen molar-refractivity contribution in [2.24, 2.45) is 0 Å². The van der Waals surface area contributed by atoms with Crippen LogP contribution in [0.1, 0.15) is 15.9 Å². The highest BCUT2D eigenvalue weighted by Gasteiger charge is 2.15. The molecule has 1 aromatic carbocycles. The Hall–Kier alpha value is -3.22. The molecule has 0 amide bonds. The fourth-order valence-electron chi connectivity index (χ4n) is 2.23. The molecule has 0 spiro atoms. The number of carboxylic acids is 1. The normalized spacial score (nSPS) is 10.6. The molecule has 0 aliphatic rings. The Morgan fingerprint density at radius 1 is 1.14 bits per heavy atom. The number of rotatable bonds is 3. The van der Waals surface area contributed by atoms with Crippen LogP contribution in [0.5, 0.6) is 0 Å². The molecule has 0 radical (unpaired) electrons. The number of aryl methyl sites for hydroxylation is 1. The molecule has 0 aliphatic heterocycles. The minimum absolute atomic E-state index is 0.225. The van der Waals surface area contributed by atoms with Crippen molar-refractivity contribution in [2.75, 3.05) is 0 Å². The predicted octanol–water partition coefficient (Wildman–Crippen LogP) is 1.42. The maximum absolute atomic E-state index is 12.4. The smallest absolute Gasteiger partial charge is 0.341 e. The summed E-state index contributed by atoms with van der Waals surface area (Å²) in [5, 5.41) is 16.7. The van der Waals surface area contributed by atoms with Crippen molar-refractivity contribution in [2.45, 2.75) is 6.92 Å². The molecule has 3 aromatic rings. The standard InChI is InChI=1S/C15H12N4O3/c1-10-5-6-19(14(20)13(10)15(21)22)12-4-2-3-11(7-12)18-8-16-17-9-18/h2-9H,1H3,(H,21,22). The topological polar surface area (TPSA) is 90.0 Å². The van der Waals surface area contributed by atoms with Crippen LogP contribution in [0.25, 0.3) is 11.4 Å². The van der Waals surface area contributed by atoms with Gasteiger partial charge in [0.1, 0.15) is 18.2 Å². The molecule has 110 valence electrons. The number of aromatic nitrogens is 4. The maximum atomic E-state index is 12.4. The van der Waals surface area contributed by atoms with Crippen molar-refractivity contribution in [3.05, 3.63) is 70.7 Å². The monoisotopic (exact) mass is 296 g/mol. The molecule has 0 atom stereocenters. The number of hydrogen-bond donors (Lipinski definition) is 1. The summed E-state index contributed by atoms with van der Waals surface area (Å²) in [5.41, 5.74) is 0.986. The summed E-state index contributed by atoms with van der Waals surface area (Å²) < 4.78 is 3.01. The van der Waals surface area contributed by atoms with Gasteiger partial charge in [-0.15, -0.1) is 10.2 Å². The molecular weight excluding hydrogens is 284 g/mol. The van der Waals surface area contributed by atoms with Crippen LogP contribution in [0.4, 0.5) is 0 Å². The van der Waals surface area contributed by atoms with E-state index in [1.165, 1.54) is 4.57 Å². The van der Waals surface area contributed by atoms with Crippen LogP contribution in [0, 0.1) is 6.92 Å². The van der Waals surface area contributed by atoms with Gasteiger partial charge in [-0.25, -0.2) is 4.79 Å². The third-order valence-corrected chi connectivity index (χ3v) is 3.34. The van der Waals surface area contributed by atoms with E-state index in [-0.39, 0.29) is 5.56 Å². The first kappa shape index (κ1) is 13.7. The lowest BCUT2D eigenvalue weighted by Crippen LogP contribution is -2.26. The van der Waals surface area contributed by atoms with E-state index in [4.69, 9.17) is 0 Å². The first-order valence-corrected chi connectivity index (χ1v) is 6.49. The van der Waals surface area contributed by atoms with Crippen LogP contribution in [0.15, 0.2) is 54.0 Å². The number of nitrogens with zero attached hydrogens (tertiary/aromatic N) is 4. The van der Waals surface area contributed by atoms with Crippen molar-refractivity contribution in [1.82, 2.24) is 19.3 Å². The van der Waals surface area contributed by atoms with Gasteiger partial charge in [0.2, 0.25) is 0 Å². The van der Waals surface area contributed by atoms with Crippen LogP contribution >= 0.6 is 0 Å². The van der Waals surface area contributed by atoms with E-state index in [1.54, 1.807) is 54.6 Å². The predicted molar refractivity (Wildman–Crippen MR) is 78.7 cm³/mol. The van der Waals surface area contributed by atoms with Crippen LogP contribution in [-0.2, 0) is 0 Å². The summed E-state index contributed by atoms with van der Waals surface area (Å²) in [5.74, 6) is -1.23. The molecule has 3 rings (SSSR count). The van der Waals surface area contributed by atoms with Gasteiger partial charge >= 0.3 is 5.97 Å². The maximum Gasteiger partial charge on any atom is 0.341 e. The molecule has 0 unspecified atom stereocenters. The Kier molecular flexibility index (Phi) is 3.30. The second kappa shape index (κ2) is 5.28. The number of aromatic carboxylic acids is 1. The van der Waals surface area contributed by atoms with E-state index in [1.807, 2.05) is 6.07 Å². The first-order valence-electron chi connectivity index (χ1n) is 6.49. The van der Waals surface area contributed by atoms with Crippen molar-refractivity contribution < 1.29 is 9.90 Å². The summed E-state index contributed by atoms with van der Waals surface area (Å²) in [4.78, 5) is 23.6. The van der Waals surface area contributed by atoms with Gasteiger partial charge in [0.15, 0.2) is 0 Å². The largest absolute Gasteiger partial charge is 0.477 e. The summed E-state index contributed by atoms with van der Waals surface area (Å²) in [6.45, 7) is 1.60. The molecule has 1 N–H and O–H groups in total. The number of carboxylic acid groups (broad SMARTS) is 1. The summed E-state index contributed by atoms with van der Waals surface area (Å²) in [6.07, 6.45) is 4.65. The molecule has 2 heterocycles. The molecule has 0 aliphatic carbocycles. The zero-order valence-electron chi connectivity index (χ0n) is 11.7. The van der Waals surface area contributed by atoms with E-state index >= 15 is 0 Å². The highest BCUT2D eigenvalue weighted by atomic mass is 16.4. The summed E-state index contributed by atoms with van der Waals surface area (Å²) in [6, 6.07) is 8.71. The third kappa shape index (κ3) is 2.28. The van der Waals surface area contributed by atoms with Crippen molar-refractivity contribution in [3.8, 4) is 11.4 Å². The van der Waals surface area contributed by atoms with Crippen molar-refractivity contribution >= 4 is 5.97 Å². The molecule has 0 saturated heterocycles. The van der Waals surface area contributed by atoms with E-state index in [0.717, 1.165) is 5.69 Å². The Balaban J connectivity index is 2.17. The van der Waals surface area contributed by atoms with Gasteiger partial charge < -0.3 is 5.11 Å². The Morgan fingerprint density at radius 3 is 2.50 bits per heavy atom. The average Bonchev–Trinajstić information content (AvgIpc) is 3.01. The number of pyridine rings is 1. The molecule has 0 bridgehead atoms. The average molecular weight is 296 g/mol. The fourth-order valence-corrected chi connectivity index (χ4v) is 2.23. The van der Waals surface area contributed by atoms with Crippen molar-refractivity contribution in [3.63, 3.8) is 0 Å². The lowest BCUT2D eigenvalue weighted by atomic mass is 10.1. The van der Waals surface area contributed by atoms with E-state index in [9.17, 15) is 14.7 Å². The molecule has 22 heavy (non-hydrogen) atoms. The van der Waals surface area contributed by atoms with Gasteiger partial charge in [-0.1, -0.05) is 6.07 Å². The molecule has 7 nitrogen and oxygen atoms in total. The lowest BCUT2D eigenvalue weighted by Gasteiger charge is -2.10. The Bertz CT molecular complexity index is 897.